The van der Waals surface area contributed by atoms with E-state index in [-0.39, 0.29) is 11.4 Å². The first-order valence-corrected chi connectivity index (χ1v) is 8.12. The lowest BCUT2D eigenvalue weighted by Gasteiger charge is -2.06. The van der Waals surface area contributed by atoms with Gasteiger partial charge in [-0.3, -0.25) is 20.2 Å². The lowest BCUT2D eigenvalue weighted by Crippen LogP contribution is -2.13. The van der Waals surface area contributed by atoms with Crippen molar-refractivity contribution in [1.82, 2.24) is 4.98 Å². The second kappa shape index (κ2) is 7.09. The third kappa shape index (κ3) is 3.98. The van der Waals surface area contributed by atoms with Crippen LogP contribution < -0.4 is 10.6 Å². The van der Waals surface area contributed by atoms with E-state index in [2.05, 4.69) is 15.6 Å². The van der Waals surface area contributed by atoms with Crippen LogP contribution in [-0.4, -0.2) is 27.9 Å². The van der Waals surface area contributed by atoms with E-state index in [0.29, 0.717) is 23.7 Å². The number of aromatic nitrogens is 1. The molecule has 0 saturated heterocycles. The van der Waals surface area contributed by atoms with Gasteiger partial charge >= 0.3 is 0 Å². The van der Waals surface area contributed by atoms with Gasteiger partial charge in [-0.2, -0.15) is 0 Å². The highest BCUT2D eigenvalue weighted by atomic mass is 32.1. The molecule has 0 bridgehead atoms. The summed E-state index contributed by atoms with van der Waals surface area (Å²) in [6.07, 6.45) is 0. The molecule has 128 valence electrons. The fourth-order valence-electron chi connectivity index (χ4n) is 2.18. The minimum absolute atomic E-state index is 0.0440. The van der Waals surface area contributed by atoms with Crippen molar-refractivity contribution in [3.63, 3.8) is 0 Å². The molecule has 3 rings (SSSR count). The van der Waals surface area contributed by atoms with E-state index in [1.54, 1.807) is 18.2 Å². The number of nitrogens with one attached hydrogen (secondary N) is 2. The zero-order chi connectivity index (χ0) is 17.8. The smallest absolute Gasteiger partial charge is 0.270 e. The monoisotopic (exact) mass is 359 g/mol. The number of nitro groups is 2. The van der Waals surface area contributed by atoms with Crippen LogP contribution in [0, 0.1) is 20.2 Å². The summed E-state index contributed by atoms with van der Waals surface area (Å²) < 4.78 is 0.750. The Hall–Kier alpha value is -3.27. The fourth-order valence-corrected chi connectivity index (χ4v) is 3.10. The molecule has 0 aliphatic rings. The largest absolute Gasteiger partial charge is 0.383 e. The van der Waals surface area contributed by atoms with Crippen LogP contribution in [-0.2, 0) is 0 Å². The minimum Gasteiger partial charge on any atom is -0.383 e. The van der Waals surface area contributed by atoms with E-state index in [1.807, 2.05) is 0 Å². The zero-order valence-electron chi connectivity index (χ0n) is 12.8. The second-order valence-corrected chi connectivity index (χ2v) is 6.12. The normalized spacial score (nSPS) is 10.6. The maximum absolute atomic E-state index is 10.8. The molecule has 0 aliphatic carbocycles. The molecule has 1 heterocycles. The van der Waals surface area contributed by atoms with Crippen molar-refractivity contribution in [2.45, 2.75) is 0 Å². The molecule has 10 heteroatoms. The first-order chi connectivity index (χ1) is 12.0. The Morgan fingerprint density at radius 3 is 2.24 bits per heavy atom. The van der Waals surface area contributed by atoms with E-state index in [0.717, 1.165) is 10.4 Å². The van der Waals surface area contributed by atoms with Crippen LogP contribution in [0.2, 0.25) is 0 Å². The highest BCUT2D eigenvalue weighted by Crippen LogP contribution is 2.28. The number of non-ortho nitro benzene ring substituents is 2. The van der Waals surface area contributed by atoms with Gasteiger partial charge in [-0.1, -0.05) is 11.3 Å². The first kappa shape index (κ1) is 16.6. The molecule has 0 spiro atoms. The maximum Gasteiger partial charge on any atom is 0.270 e. The molecule has 0 saturated carbocycles. The van der Waals surface area contributed by atoms with Crippen molar-refractivity contribution >= 4 is 43.7 Å². The number of rotatable bonds is 7. The molecule has 3 aromatic rings. The minimum atomic E-state index is -0.442. The number of benzene rings is 2. The summed E-state index contributed by atoms with van der Waals surface area (Å²) in [5, 5.41) is 28.3. The van der Waals surface area contributed by atoms with Gasteiger partial charge in [0.25, 0.3) is 11.4 Å². The topological polar surface area (TPSA) is 123 Å². The molecule has 0 amide bonds. The molecule has 0 fully saturated rings. The number of nitrogens with zero attached hydrogens (tertiary/aromatic N) is 3. The highest BCUT2D eigenvalue weighted by Gasteiger charge is 2.10. The summed E-state index contributed by atoms with van der Waals surface area (Å²) in [5.74, 6) is 0. The van der Waals surface area contributed by atoms with Gasteiger partial charge in [-0.05, 0) is 18.2 Å². The second-order valence-electron chi connectivity index (χ2n) is 5.09. The number of hydrogen-bond acceptors (Lipinski definition) is 8. The van der Waals surface area contributed by atoms with Gasteiger partial charge in [0, 0.05) is 43.0 Å². The first-order valence-electron chi connectivity index (χ1n) is 7.30. The van der Waals surface area contributed by atoms with Gasteiger partial charge in [0.2, 0.25) is 0 Å². The number of thiazole rings is 1. The van der Waals surface area contributed by atoms with Crippen LogP contribution in [0.1, 0.15) is 0 Å². The summed E-state index contributed by atoms with van der Waals surface area (Å²) >= 11 is 1.35. The van der Waals surface area contributed by atoms with Gasteiger partial charge in [0.15, 0.2) is 5.13 Å². The summed E-state index contributed by atoms with van der Waals surface area (Å²) in [7, 11) is 0. The summed E-state index contributed by atoms with van der Waals surface area (Å²) in [6, 6.07) is 10.7. The Kier molecular flexibility index (Phi) is 4.70. The van der Waals surface area contributed by atoms with Crippen molar-refractivity contribution in [3.8, 4) is 0 Å². The lowest BCUT2D eigenvalue weighted by molar-refractivity contribution is -0.385. The predicted octanol–water partition coefficient (Wildman–Crippen LogP) is 3.64. The number of anilines is 2. The Morgan fingerprint density at radius 1 is 0.920 bits per heavy atom. The van der Waals surface area contributed by atoms with E-state index >= 15 is 0 Å². The third-order valence-corrected chi connectivity index (χ3v) is 4.37. The van der Waals surface area contributed by atoms with Gasteiger partial charge in [0.05, 0.1) is 20.1 Å². The van der Waals surface area contributed by atoms with Crippen molar-refractivity contribution < 1.29 is 9.85 Å². The average molecular weight is 359 g/mol. The molecule has 0 radical (unpaired) electrons. The Bertz CT molecular complexity index is 925. The maximum atomic E-state index is 10.8. The Balaban J connectivity index is 1.54. The van der Waals surface area contributed by atoms with E-state index in [9.17, 15) is 20.2 Å². The molecule has 1 aromatic heterocycles. The quantitative estimate of drug-likeness (QED) is 0.375. The van der Waals surface area contributed by atoms with Crippen LogP contribution in [0.25, 0.3) is 10.2 Å². The van der Waals surface area contributed by atoms with Crippen molar-refractivity contribution in [1.29, 1.82) is 0 Å². The number of hydrogen-bond donors (Lipinski definition) is 2. The van der Waals surface area contributed by atoms with Gasteiger partial charge < -0.3 is 10.6 Å². The SMILES string of the molecule is O=[N+]([O-])c1ccc(NCCNc2nc3ccc([N+](=O)[O-])cc3s2)cc1. The summed E-state index contributed by atoms with van der Waals surface area (Å²) in [5.41, 5.74) is 1.59. The van der Waals surface area contributed by atoms with Gasteiger partial charge in [0.1, 0.15) is 0 Å². The van der Waals surface area contributed by atoms with Crippen LogP contribution >= 0.6 is 11.3 Å². The Morgan fingerprint density at radius 2 is 1.56 bits per heavy atom. The number of nitro benzene ring substituents is 2. The molecule has 0 atom stereocenters. The molecule has 9 nitrogen and oxygen atoms in total. The van der Waals surface area contributed by atoms with Crippen molar-refractivity contribution in [2.75, 3.05) is 23.7 Å². The fraction of sp³-hybridized carbons (Fsp3) is 0.133. The van der Waals surface area contributed by atoms with E-state index in [1.165, 1.54) is 35.6 Å². The molecule has 0 unspecified atom stereocenters. The lowest BCUT2D eigenvalue weighted by atomic mass is 10.3. The average Bonchev–Trinajstić information content (AvgIpc) is 3.01. The van der Waals surface area contributed by atoms with E-state index < -0.39 is 9.85 Å². The molecular formula is C15H13N5O4S. The number of fused-ring (bicyclic) bond motifs is 1. The molecule has 0 aliphatic heterocycles. The van der Waals surface area contributed by atoms with Gasteiger partial charge in [-0.25, -0.2) is 4.98 Å². The van der Waals surface area contributed by atoms with Crippen LogP contribution in [0.15, 0.2) is 42.5 Å². The van der Waals surface area contributed by atoms with Gasteiger partial charge in [-0.15, -0.1) is 0 Å². The molecule has 2 N–H and O–H groups in total. The van der Waals surface area contributed by atoms with Crippen LogP contribution in [0.3, 0.4) is 0 Å². The highest BCUT2D eigenvalue weighted by molar-refractivity contribution is 7.22. The summed E-state index contributed by atoms with van der Waals surface area (Å²) in [4.78, 5) is 24.9. The van der Waals surface area contributed by atoms with Crippen LogP contribution in [0.5, 0.6) is 0 Å². The third-order valence-electron chi connectivity index (χ3n) is 3.39. The molecular weight excluding hydrogens is 346 g/mol. The standard InChI is InChI=1S/C15H13N5O4S/c21-19(22)11-3-1-10(2-4-11)16-7-8-17-15-18-13-6-5-12(20(23)24)9-14(13)25-15/h1-6,9,16H,7-8H2,(H,17,18). The van der Waals surface area contributed by atoms with Crippen LogP contribution in [0.4, 0.5) is 22.2 Å². The van der Waals surface area contributed by atoms with Crippen molar-refractivity contribution in [3.05, 3.63) is 62.7 Å². The Labute approximate surface area is 145 Å². The van der Waals surface area contributed by atoms with E-state index in [4.69, 9.17) is 0 Å². The predicted molar refractivity (Wildman–Crippen MR) is 96.4 cm³/mol. The zero-order valence-corrected chi connectivity index (χ0v) is 13.7. The summed E-state index contributed by atoms with van der Waals surface area (Å²) in [6.45, 7) is 1.17. The molecule has 25 heavy (non-hydrogen) atoms. The van der Waals surface area contributed by atoms with Crippen molar-refractivity contribution in [2.24, 2.45) is 0 Å². The molecule has 2 aromatic carbocycles.